The van der Waals surface area contributed by atoms with Gasteiger partial charge in [0.15, 0.2) is 0 Å². The van der Waals surface area contributed by atoms with Gasteiger partial charge in [-0.25, -0.2) is 0 Å². The van der Waals surface area contributed by atoms with Gasteiger partial charge in [0.2, 0.25) is 0 Å². The minimum absolute atomic E-state index is 0.236. The van der Waals surface area contributed by atoms with Crippen LogP contribution in [0.2, 0.25) is 0 Å². The van der Waals surface area contributed by atoms with Crippen molar-refractivity contribution in [1.82, 2.24) is 0 Å². The van der Waals surface area contributed by atoms with E-state index >= 15 is 0 Å². The van der Waals surface area contributed by atoms with Crippen molar-refractivity contribution < 1.29 is 9.90 Å². The normalized spacial score (nSPS) is 19.6. The fourth-order valence-corrected chi connectivity index (χ4v) is 3.20. The first-order valence-corrected chi connectivity index (χ1v) is 9.31. The average molecular weight is 344 g/mol. The van der Waals surface area contributed by atoms with Crippen molar-refractivity contribution >= 4 is 11.5 Å². The highest BCUT2D eigenvalue weighted by atomic mass is 16.3. The standard InChI is InChI=1S/C11H14N2.C10H18O2/c1-4-13(3)11-6-5-10(8-12)7-9(11)2;1-2-3-6-10(12)7-4-5-9(11)8-10/h5-7H,4H2,1-3H3;12H,2-8H2,1H3. The van der Waals surface area contributed by atoms with E-state index in [1.807, 2.05) is 32.2 Å². The lowest BCUT2D eigenvalue weighted by Crippen LogP contribution is -2.35. The van der Waals surface area contributed by atoms with Crippen molar-refractivity contribution in [2.45, 2.75) is 71.3 Å². The molecular weight excluding hydrogens is 312 g/mol. The molecule has 0 radical (unpaired) electrons. The van der Waals surface area contributed by atoms with E-state index < -0.39 is 5.60 Å². The Morgan fingerprint density at radius 3 is 2.60 bits per heavy atom. The molecule has 4 nitrogen and oxygen atoms in total. The van der Waals surface area contributed by atoms with Crippen molar-refractivity contribution in [2.24, 2.45) is 0 Å². The van der Waals surface area contributed by atoms with Gasteiger partial charge in [0, 0.05) is 32.1 Å². The number of Topliss-reactive ketones (excluding diaryl/α,β-unsaturated/α-hetero) is 1. The van der Waals surface area contributed by atoms with Crippen LogP contribution < -0.4 is 4.90 Å². The van der Waals surface area contributed by atoms with Gasteiger partial charge >= 0.3 is 0 Å². The summed E-state index contributed by atoms with van der Waals surface area (Å²) >= 11 is 0. The Morgan fingerprint density at radius 2 is 2.08 bits per heavy atom. The first kappa shape index (κ1) is 21.2. The molecule has 4 heteroatoms. The lowest BCUT2D eigenvalue weighted by Gasteiger charge is -2.31. The molecule has 1 fully saturated rings. The van der Waals surface area contributed by atoms with Gasteiger partial charge in [-0.2, -0.15) is 5.26 Å². The second kappa shape index (κ2) is 10.2. The average Bonchev–Trinajstić information content (AvgIpc) is 2.59. The van der Waals surface area contributed by atoms with Crippen LogP contribution in [0.1, 0.15) is 69.9 Å². The van der Waals surface area contributed by atoms with Crippen LogP contribution in [0.25, 0.3) is 0 Å². The second-order valence-corrected chi connectivity index (χ2v) is 7.02. The molecule has 1 unspecified atom stereocenters. The number of aliphatic hydroxyl groups is 1. The fourth-order valence-electron chi connectivity index (χ4n) is 3.20. The van der Waals surface area contributed by atoms with E-state index in [2.05, 4.69) is 24.8 Å². The first-order chi connectivity index (χ1) is 11.8. The van der Waals surface area contributed by atoms with Crippen LogP contribution in [0.4, 0.5) is 5.69 Å². The van der Waals surface area contributed by atoms with Gasteiger partial charge in [-0.1, -0.05) is 19.8 Å². The van der Waals surface area contributed by atoms with E-state index in [4.69, 9.17) is 5.26 Å². The fraction of sp³-hybridized carbons (Fsp3) is 0.619. The third-order valence-electron chi connectivity index (χ3n) is 4.83. The number of nitrogens with zero attached hydrogens (tertiary/aromatic N) is 2. The van der Waals surface area contributed by atoms with Crippen LogP contribution in [0.15, 0.2) is 18.2 Å². The Kier molecular flexibility index (Phi) is 8.65. The summed E-state index contributed by atoms with van der Waals surface area (Å²) in [4.78, 5) is 13.2. The maximum absolute atomic E-state index is 11.1. The molecule has 2 rings (SSSR count). The summed E-state index contributed by atoms with van der Waals surface area (Å²) in [6, 6.07) is 7.90. The number of hydrogen-bond donors (Lipinski definition) is 1. The molecule has 138 valence electrons. The van der Waals surface area contributed by atoms with E-state index in [-0.39, 0.29) is 5.78 Å². The highest BCUT2D eigenvalue weighted by Crippen LogP contribution is 2.30. The van der Waals surface area contributed by atoms with Gasteiger partial charge in [0.25, 0.3) is 0 Å². The van der Waals surface area contributed by atoms with Crippen LogP contribution in [-0.4, -0.2) is 30.1 Å². The highest BCUT2D eigenvalue weighted by molar-refractivity contribution is 5.80. The third-order valence-corrected chi connectivity index (χ3v) is 4.83. The van der Waals surface area contributed by atoms with Crippen LogP contribution >= 0.6 is 0 Å². The Bertz CT molecular complexity index is 606. The maximum atomic E-state index is 11.1. The number of carbonyl (C=O) groups is 1. The Balaban J connectivity index is 0.000000251. The monoisotopic (exact) mass is 344 g/mol. The van der Waals surface area contributed by atoms with Gasteiger partial charge in [-0.05, 0) is 56.9 Å². The van der Waals surface area contributed by atoms with E-state index in [1.165, 1.54) is 5.69 Å². The van der Waals surface area contributed by atoms with Crippen molar-refractivity contribution in [2.75, 3.05) is 18.5 Å². The Labute approximate surface area is 152 Å². The van der Waals surface area contributed by atoms with Crippen molar-refractivity contribution in [1.29, 1.82) is 5.26 Å². The third kappa shape index (κ3) is 6.88. The lowest BCUT2D eigenvalue weighted by atomic mass is 9.81. The Morgan fingerprint density at radius 1 is 1.36 bits per heavy atom. The van der Waals surface area contributed by atoms with Gasteiger partial charge in [0.1, 0.15) is 5.78 Å². The van der Waals surface area contributed by atoms with Crippen molar-refractivity contribution in [3.05, 3.63) is 29.3 Å². The number of ketones is 1. The summed E-state index contributed by atoms with van der Waals surface area (Å²) in [7, 11) is 2.05. The molecule has 1 aromatic rings. The van der Waals surface area contributed by atoms with Crippen molar-refractivity contribution in [3.63, 3.8) is 0 Å². The predicted octanol–water partition coefficient (Wildman–Crippen LogP) is 4.37. The molecule has 0 saturated heterocycles. The topological polar surface area (TPSA) is 64.3 Å². The van der Waals surface area contributed by atoms with Gasteiger partial charge < -0.3 is 10.0 Å². The van der Waals surface area contributed by atoms with Crippen LogP contribution in [0.5, 0.6) is 0 Å². The summed E-state index contributed by atoms with van der Waals surface area (Å²) in [5.41, 5.74) is 2.43. The minimum atomic E-state index is -0.647. The smallest absolute Gasteiger partial charge is 0.135 e. The zero-order valence-electron chi connectivity index (χ0n) is 16.1. The molecule has 0 aliphatic heterocycles. The number of unbranched alkanes of at least 4 members (excludes halogenated alkanes) is 1. The van der Waals surface area contributed by atoms with Gasteiger partial charge in [-0.3, -0.25) is 4.79 Å². The lowest BCUT2D eigenvalue weighted by molar-refractivity contribution is -0.128. The second-order valence-electron chi connectivity index (χ2n) is 7.02. The number of hydrogen-bond acceptors (Lipinski definition) is 4. The number of anilines is 1. The maximum Gasteiger partial charge on any atom is 0.135 e. The molecule has 1 aliphatic carbocycles. The van der Waals surface area contributed by atoms with Crippen LogP contribution in [0, 0.1) is 18.3 Å². The molecule has 1 saturated carbocycles. The molecule has 1 aliphatic rings. The van der Waals surface area contributed by atoms with E-state index in [0.717, 1.165) is 49.8 Å². The predicted molar refractivity (Wildman–Crippen MR) is 103 cm³/mol. The highest BCUT2D eigenvalue weighted by Gasteiger charge is 2.32. The van der Waals surface area contributed by atoms with Crippen LogP contribution in [-0.2, 0) is 4.79 Å². The van der Waals surface area contributed by atoms with Crippen LogP contribution in [0.3, 0.4) is 0 Å². The van der Waals surface area contributed by atoms with E-state index in [9.17, 15) is 9.90 Å². The molecule has 0 heterocycles. The molecule has 1 N–H and O–H groups in total. The zero-order chi connectivity index (χ0) is 18.9. The SMILES string of the molecule is CCCCC1(O)CCCC(=O)C1.CCN(C)c1ccc(C#N)cc1C. The molecule has 1 aromatic carbocycles. The molecular formula is C21H32N2O2. The Hall–Kier alpha value is -1.86. The number of carbonyl (C=O) groups excluding carboxylic acids is 1. The first-order valence-electron chi connectivity index (χ1n) is 9.31. The number of aryl methyl sites for hydroxylation is 1. The van der Waals surface area contributed by atoms with E-state index in [1.54, 1.807) is 0 Å². The largest absolute Gasteiger partial charge is 0.389 e. The summed E-state index contributed by atoms with van der Waals surface area (Å²) in [6.45, 7) is 7.22. The summed E-state index contributed by atoms with van der Waals surface area (Å²) in [6.07, 6.45) is 5.69. The van der Waals surface area contributed by atoms with E-state index in [0.29, 0.717) is 12.8 Å². The molecule has 0 spiro atoms. The number of benzene rings is 1. The summed E-state index contributed by atoms with van der Waals surface area (Å²) in [5, 5.41) is 18.6. The molecule has 1 atom stereocenters. The molecule has 0 amide bonds. The molecule has 25 heavy (non-hydrogen) atoms. The number of rotatable bonds is 5. The summed E-state index contributed by atoms with van der Waals surface area (Å²) in [5.74, 6) is 0.236. The van der Waals surface area contributed by atoms with Gasteiger partial charge in [0.05, 0.1) is 17.2 Å². The molecule has 0 aromatic heterocycles. The minimum Gasteiger partial charge on any atom is -0.389 e. The van der Waals surface area contributed by atoms with Crippen molar-refractivity contribution in [3.8, 4) is 6.07 Å². The number of nitriles is 1. The molecule has 0 bridgehead atoms. The van der Waals surface area contributed by atoms with Gasteiger partial charge in [-0.15, -0.1) is 0 Å². The quantitative estimate of drug-likeness (QED) is 0.861. The zero-order valence-corrected chi connectivity index (χ0v) is 16.1. The summed E-state index contributed by atoms with van der Waals surface area (Å²) < 4.78 is 0.